The van der Waals surface area contributed by atoms with E-state index in [1.807, 2.05) is 60.7 Å². The number of carbonyl (C=O) groups excluding carboxylic acids is 1. The van der Waals surface area contributed by atoms with Crippen LogP contribution in [-0.4, -0.2) is 17.5 Å². The monoisotopic (exact) mass is 292 g/mol. The molecular formula is C18H16N2O2. The molecule has 0 aliphatic carbocycles. The predicted molar refractivity (Wildman–Crippen MR) is 85.5 cm³/mol. The molecule has 1 aromatic heterocycles. The Morgan fingerprint density at radius 2 is 1.82 bits per heavy atom. The van der Waals surface area contributed by atoms with E-state index in [2.05, 4.69) is 10.3 Å². The Hall–Kier alpha value is -2.88. The van der Waals surface area contributed by atoms with Crippen LogP contribution in [0.1, 0.15) is 5.69 Å². The molecule has 0 fully saturated rings. The number of rotatable bonds is 5. The molecule has 1 N–H and O–H groups in total. The van der Waals surface area contributed by atoms with Gasteiger partial charge in [0.1, 0.15) is 5.75 Å². The summed E-state index contributed by atoms with van der Waals surface area (Å²) in [6.45, 7) is 0.388. The first-order valence-corrected chi connectivity index (χ1v) is 7.10. The van der Waals surface area contributed by atoms with Crippen molar-refractivity contribution in [1.29, 1.82) is 0 Å². The Morgan fingerprint density at radius 3 is 2.68 bits per heavy atom. The molecule has 0 radical (unpaired) electrons. The van der Waals surface area contributed by atoms with Gasteiger partial charge in [-0.2, -0.15) is 0 Å². The minimum Gasteiger partial charge on any atom is -0.483 e. The topological polar surface area (TPSA) is 51.2 Å². The van der Waals surface area contributed by atoms with Crippen molar-refractivity contribution >= 4 is 16.7 Å². The molecule has 0 aliphatic heterocycles. The summed E-state index contributed by atoms with van der Waals surface area (Å²) in [6.07, 6.45) is 1.70. The first-order chi connectivity index (χ1) is 10.8. The van der Waals surface area contributed by atoms with E-state index in [0.29, 0.717) is 12.3 Å². The molecule has 0 saturated carbocycles. The zero-order valence-corrected chi connectivity index (χ0v) is 12.0. The molecule has 0 unspecified atom stereocenters. The standard InChI is InChI=1S/C18H16N2O2/c21-18(20-12-15-8-3-4-11-19-15)13-22-17-10-5-7-14-6-1-2-9-16(14)17/h1-11H,12-13H2,(H,20,21). The molecule has 0 bridgehead atoms. The zero-order valence-electron chi connectivity index (χ0n) is 12.0. The second-order valence-electron chi connectivity index (χ2n) is 4.86. The first kappa shape index (κ1) is 14.1. The van der Waals surface area contributed by atoms with Crippen molar-refractivity contribution in [2.45, 2.75) is 6.54 Å². The lowest BCUT2D eigenvalue weighted by Crippen LogP contribution is -2.28. The largest absolute Gasteiger partial charge is 0.483 e. The average Bonchev–Trinajstić information content (AvgIpc) is 2.59. The Bertz CT molecular complexity index is 767. The summed E-state index contributed by atoms with van der Waals surface area (Å²) in [5.41, 5.74) is 0.820. The van der Waals surface area contributed by atoms with Crippen molar-refractivity contribution in [3.63, 3.8) is 0 Å². The van der Waals surface area contributed by atoms with Crippen molar-refractivity contribution in [3.05, 3.63) is 72.6 Å². The highest BCUT2D eigenvalue weighted by Gasteiger charge is 2.05. The SMILES string of the molecule is O=C(COc1cccc2ccccc12)NCc1ccccn1. The molecule has 4 nitrogen and oxygen atoms in total. The molecule has 110 valence electrons. The number of hydrogen-bond donors (Lipinski definition) is 1. The van der Waals surface area contributed by atoms with E-state index in [9.17, 15) is 4.79 Å². The third-order valence-corrected chi connectivity index (χ3v) is 3.30. The molecule has 4 heteroatoms. The predicted octanol–water partition coefficient (Wildman–Crippen LogP) is 2.93. The van der Waals surface area contributed by atoms with E-state index in [-0.39, 0.29) is 12.5 Å². The highest BCUT2D eigenvalue weighted by Crippen LogP contribution is 2.24. The molecule has 0 atom stereocenters. The highest BCUT2D eigenvalue weighted by atomic mass is 16.5. The Kier molecular flexibility index (Phi) is 4.30. The van der Waals surface area contributed by atoms with Crippen LogP contribution >= 0.6 is 0 Å². The number of hydrogen-bond acceptors (Lipinski definition) is 3. The first-order valence-electron chi connectivity index (χ1n) is 7.10. The van der Waals surface area contributed by atoms with Crippen LogP contribution in [-0.2, 0) is 11.3 Å². The number of ether oxygens (including phenoxy) is 1. The molecule has 0 saturated heterocycles. The zero-order chi connectivity index (χ0) is 15.2. The van der Waals surface area contributed by atoms with Crippen LogP contribution in [0.15, 0.2) is 66.9 Å². The lowest BCUT2D eigenvalue weighted by Gasteiger charge is -2.09. The number of benzene rings is 2. The molecule has 3 rings (SSSR count). The van der Waals surface area contributed by atoms with Crippen molar-refractivity contribution in [2.75, 3.05) is 6.61 Å². The van der Waals surface area contributed by atoms with Crippen LogP contribution in [0.25, 0.3) is 10.8 Å². The molecule has 1 heterocycles. The maximum atomic E-state index is 11.9. The number of carbonyl (C=O) groups is 1. The number of fused-ring (bicyclic) bond motifs is 1. The van der Waals surface area contributed by atoms with Gasteiger partial charge in [-0.15, -0.1) is 0 Å². The van der Waals surface area contributed by atoms with Gasteiger partial charge in [0.25, 0.3) is 5.91 Å². The van der Waals surface area contributed by atoms with E-state index in [1.165, 1.54) is 0 Å². The molecule has 2 aromatic carbocycles. The second kappa shape index (κ2) is 6.72. The van der Waals surface area contributed by atoms with E-state index in [4.69, 9.17) is 4.74 Å². The second-order valence-corrected chi connectivity index (χ2v) is 4.86. The van der Waals surface area contributed by atoms with Crippen LogP contribution in [0.2, 0.25) is 0 Å². The van der Waals surface area contributed by atoms with Gasteiger partial charge in [-0.3, -0.25) is 9.78 Å². The number of nitrogens with one attached hydrogen (secondary N) is 1. The summed E-state index contributed by atoms with van der Waals surface area (Å²) in [5.74, 6) is 0.546. The smallest absolute Gasteiger partial charge is 0.258 e. The molecule has 0 spiro atoms. The van der Waals surface area contributed by atoms with Crippen molar-refractivity contribution in [3.8, 4) is 5.75 Å². The molecule has 22 heavy (non-hydrogen) atoms. The van der Waals surface area contributed by atoms with E-state index in [1.54, 1.807) is 6.20 Å². The van der Waals surface area contributed by atoms with Gasteiger partial charge in [0.05, 0.1) is 12.2 Å². The van der Waals surface area contributed by atoms with Crippen LogP contribution in [0.5, 0.6) is 5.75 Å². The summed E-state index contributed by atoms with van der Waals surface area (Å²) in [6, 6.07) is 19.3. The summed E-state index contributed by atoms with van der Waals surface area (Å²) in [5, 5.41) is 4.88. The van der Waals surface area contributed by atoms with E-state index >= 15 is 0 Å². The Balaban J connectivity index is 1.58. The average molecular weight is 292 g/mol. The maximum absolute atomic E-state index is 11.9. The van der Waals surface area contributed by atoms with Crippen molar-refractivity contribution in [2.24, 2.45) is 0 Å². The lowest BCUT2D eigenvalue weighted by atomic mass is 10.1. The molecular weight excluding hydrogens is 276 g/mol. The van der Waals surface area contributed by atoms with Crippen LogP contribution in [0, 0.1) is 0 Å². The molecule has 0 aliphatic rings. The van der Waals surface area contributed by atoms with Crippen molar-refractivity contribution < 1.29 is 9.53 Å². The fourth-order valence-electron chi connectivity index (χ4n) is 2.21. The Morgan fingerprint density at radius 1 is 1.00 bits per heavy atom. The fraction of sp³-hybridized carbons (Fsp3) is 0.111. The quantitative estimate of drug-likeness (QED) is 0.786. The van der Waals surface area contributed by atoms with Crippen LogP contribution in [0.4, 0.5) is 0 Å². The summed E-state index contributed by atoms with van der Waals surface area (Å²) in [7, 11) is 0. The summed E-state index contributed by atoms with van der Waals surface area (Å²) < 4.78 is 5.64. The van der Waals surface area contributed by atoms with Crippen molar-refractivity contribution in [1.82, 2.24) is 10.3 Å². The van der Waals surface area contributed by atoms with Gasteiger partial charge in [-0.05, 0) is 23.6 Å². The van der Waals surface area contributed by atoms with Crippen LogP contribution < -0.4 is 10.1 Å². The minimum atomic E-state index is -0.168. The van der Waals surface area contributed by atoms with Gasteiger partial charge in [-0.25, -0.2) is 0 Å². The number of aromatic nitrogens is 1. The summed E-state index contributed by atoms with van der Waals surface area (Å²) >= 11 is 0. The normalized spacial score (nSPS) is 10.4. The van der Waals surface area contributed by atoms with Gasteiger partial charge in [-0.1, -0.05) is 42.5 Å². The summed E-state index contributed by atoms with van der Waals surface area (Å²) in [4.78, 5) is 16.0. The third-order valence-electron chi connectivity index (χ3n) is 3.30. The van der Waals surface area contributed by atoms with Crippen LogP contribution in [0.3, 0.4) is 0 Å². The van der Waals surface area contributed by atoms with Gasteiger partial charge >= 0.3 is 0 Å². The van der Waals surface area contributed by atoms with Gasteiger partial charge < -0.3 is 10.1 Å². The number of nitrogens with zero attached hydrogens (tertiary/aromatic N) is 1. The van der Waals surface area contributed by atoms with E-state index < -0.39 is 0 Å². The number of amides is 1. The fourth-order valence-corrected chi connectivity index (χ4v) is 2.21. The minimum absolute atomic E-state index is 0.0131. The van der Waals surface area contributed by atoms with Gasteiger partial charge in [0, 0.05) is 11.6 Å². The Labute approximate surface area is 128 Å². The highest BCUT2D eigenvalue weighted by molar-refractivity contribution is 5.88. The molecule has 1 amide bonds. The maximum Gasteiger partial charge on any atom is 0.258 e. The third kappa shape index (κ3) is 3.41. The number of pyridine rings is 1. The van der Waals surface area contributed by atoms with Gasteiger partial charge in [0.15, 0.2) is 6.61 Å². The lowest BCUT2D eigenvalue weighted by molar-refractivity contribution is -0.123. The van der Waals surface area contributed by atoms with Gasteiger partial charge in [0.2, 0.25) is 0 Å². The van der Waals surface area contributed by atoms with E-state index in [0.717, 1.165) is 16.5 Å². The molecule has 3 aromatic rings.